The van der Waals surface area contributed by atoms with E-state index in [1.165, 1.54) is 12.2 Å². The van der Waals surface area contributed by atoms with Crippen LogP contribution in [0, 0.1) is 0 Å². The highest BCUT2D eigenvalue weighted by atomic mass is 16.5. The van der Waals surface area contributed by atoms with E-state index >= 15 is 0 Å². The monoisotopic (exact) mass is 314 g/mol. The first-order chi connectivity index (χ1) is 11.1. The van der Waals surface area contributed by atoms with Crippen molar-refractivity contribution in [1.82, 2.24) is 9.88 Å². The molecule has 0 aliphatic carbocycles. The number of benzene rings is 1. The van der Waals surface area contributed by atoms with Crippen LogP contribution in [0.2, 0.25) is 0 Å². The number of hydrogen-bond acceptors (Lipinski definition) is 5. The van der Waals surface area contributed by atoms with Crippen LogP contribution in [0.25, 0.3) is 17.2 Å². The molecule has 1 saturated heterocycles. The Hall–Kier alpha value is -2.63. The molecule has 6 heteroatoms. The summed E-state index contributed by atoms with van der Waals surface area (Å²) in [4.78, 5) is 29.8. The van der Waals surface area contributed by atoms with Crippen LogP contribution in [0.4, 0.5) is 0 Å². The molecule has 0 saturated carbocycles. The summed E-state index contributed by atoms with van der Waals surface area (Å²) < 4.78 is 10.6. The fraction of sp³-hybridized carbons (Fsp3) is 0.353. The Morgan fingerprint density at radius 3 is 2.78 bits per heavy atom. The summed E-state index contributed by atoms with van der Waals surface area (Å²) in [5.74, 6) is -0.417. The number of oxazole rings is 1. The Morgan fingerprint density at radius 2 is 2.04 bits per heavy atom. The third kappa shape index (κ3) is 3.59. The van der Waals surface area contributed by atoms with Gasteiger partial charge in [0.15, 0.2) is 11.7 Å². The molecule has 1 aromatic heterocycles. The van der Waals surface area contributed by atoms with Gasteiger partial charge in [0, 0.05) is 25.2 Å². The number of carbonyl (C=O) groups excluding carboxylic acids is 2. The van der Waals surface area contributed by atoms with Crippen LogP contribution < -0.4 is 0 Å². The minimum absolute atomic E-state index is 0.147. The number of amides is 1. The summed E-state index contributed by atoms with van der Waals surface area (Å²) in [6.07, 6.45) is 3.89. The van der Waals surface area contributed by atoms with E-state index < -0.39 is 12.1 Å². The number of likely N-dealkylation sites (tertiary alicyclic amines) is 1. The lowest BCUT2D eigenvalue weighted by Gasteiger charge is -2.19. The lowest BCUT2D eigenvalue weighted by atomic mass is 10.3. The molecule has 120 valence electrons. The Balaban J connectivity index is 1.58. The van der Waals surface area contributed by atoms with Gasteiger partial charge in [-0.3, -0.25) is 4.79 Å². The first kappa shape index (κ1) is 15.3. The first-order valence-corrected chi connectivity index (χ1v) is 7.66. The fourth-order valence-corrected chi connectivity index (χ4v) is 2.56. The third-order valence-corrected chi connectivity index (χ3v) is 3.73. The van der Waals surface area contributed by atoms with Crippen molar-refractivity contribution < 1.29 is 18.7 Å². The maximum Gasteiger partial charge on any atom is 0.331 e. The Labute approximate surface area is 133 Å². The number of ether oxygens (including phenoxy) is 1. The van der Waals surface area contributed by atoms with Crippen molar-refractivity contribution in [3.05, 3.63) is 36.2 Å². The molecular formula is C17H18N2O4. The zero-order valence-electron chi connectivity index (χ0n) is 12.9. The molecule has 1 fully saturated rings. The number of aromatic nitrogens is 1. The van der Waals surface area contributed by atoms with E-state index in [9.17, 15) is 9.59 Å². The predicted molar refractivity (Wildman–Crippen MR) is 84.4 cm³/mol. The number of fused-ring (bicyclic) bond motifs is 1. The van der Waals surface area contributed by atoms with Crippen molar-refractivity contribution in [2.75, 3.05) is 13.1 Å². The molecule has 0 unspecified atom stereocenters. The average Bonchev–Trinajstić information content (AvgIpc) is 3.21. The van der Waals surface area contributed by atoms with Crippen LogP contribution >= 0.6 is 0 Å². The number of hydrogen-bond donors (Lipinski definition) is 0. The minimum atomic E-state index is -0.783. The lowest BCUT2D eigenvalue weighted by Crippen LogP contribution is -2.37. The number of rotatable bonds is 4. The Bertz CT molecular complexity index is 711. The molecule has 0 bridgehead atoms. The normalized spacial score (nSPS) is 16.1. The molecule has 0 spiro atoms. The van der Waals surface area contributed by atoms with Crippen molar-refractivity contribution in [3.8, 4) is 0 Å². The SMILES string of the molecule is C[C@@H](OC(=O)/C=C/c1nc2ccccc2o1)C(=O)N1CCCC1. The van der Waals surface area contributed by atoms with Gasteiger partial charge in [0.1, 0.15) is 5.52 Å². The van der Waals surface area contributed by atoms with Crippen LogP contribution in [0.5, 0.6) is 0 Å². The van der Waals surface area contributed by atoms with Crippen LogP contribution in [-0.2, 0) is 14.3 Å². The summed E-state index contributed by atoms with van der Waals surface area (Å²) in [5.41, 5.74) is 1.37. The zero-order valence-corrected chi connectivity index (χ0v) is 12.9. The molecule has 1 aliphatic rings. The third-order valence-electron chi connectivity index (χ3n) is 3.73. The van der Waals surface area contributed by atoms with Crippen LogP contribution in [0.1, 0.15) is 25.7 Å². The fourth-order valence-electron chi connectivity index (χ4n) is 2.56. The molecule has 1 amide bonds. The molecule has 23 heavy (non-hydrogen) atoms. The van der Waals surface area contributed by atoms with Crippen molar-refractivity contribution in [1.29, 1.82) is 0 Å². The van der Waals surface area contributed by atoms with E-state index in [2.05, 4.69) is 4.98 Å². The summed E-state index contributed by atoms with van der Waals surface area (Å²) >= 11 is 0. The van der Waals surface area contributed by atoms with E-state index in [-0.39, 0.29) is 5.91 Å². The van der Waals surface area contributed by atoms with Crippen molar-refractivity contribution in [2.45, 2.75) is 25.9 Å². The summed E-state index contributed by atoms with van der Waals surface area (Å²) in [7, 11) is 0. The second-order valence-corrected chi connectivity index (χ2v) is 5.46. The minimum Gasteiger partial charge on any atom is -0.449 e. The molecule has 2 aromatic rings. The number of carbonyl (C=O) groups is 2. The van der Waals surface area contributed by atoms with Gasteiger partial charge in [-0.25, -0.2) is 9.78 Å². The molecule has 0 N–H and O–H groups in total. The molecule has 3 rings (SSSR count). The highest BCUT2D eigenvalue weighted by molar-refractivity contribution is 5.90. The maximum atomic E-state index is 12.1. The van der Waals surface area contributed by atoms with E-state index in [0.717, 1.165) is 31.4 Å². The smallest absolute Gasteiger partial charge is 0.331 e. The van der Waals surface area contributed by atoms with Crippen molar-refractivity contribution >= 4 is 29.1 Å². The van der Waals surface area contributed by atoms with Gasteiger partial charge in [0.25, 0.3) is 5.91 Å². The molecule has 1 aromatic carbocycles. The summed E-state index contributed by atoms with van der Waals surface area (Å²) in [6, 6.07) is 7.33. The Morgan fingerprint density at radius 1 is 1.30 bits per heavy atom. The topological polar surface area (TPSA) is 72.6 Å². The zero-order chi connectivity index (χ0) is 16.2. The number of esters is 1. The highest BCUT2D eigenvalue weighted by Gasteiger charge is 2.25. The highest BCUT2D eigenvalue weighted by Crippen LogP contribution is 2.15. The maximum absolute atomic E-state index is 12.1. The average molecular weight is 314 g/mol. The van der Waals surface area contributed by atoms with Gasteiger partial charge >= 0.3 is 5.97 Å². The number of para-hydroxylation sites is 2. The lowest BCUT2D eigenvalue weighted by molar-refractivity contribution is -0.154. The van der Waals surface area contributed by atoms with Gasteiger partial charge in [0.2, 0.25) is 5.89 Å². The van der Waals surface area contributed by atoms with E-state index in [0.29, 0.717) is 11.5 Å². The first-order valence-electron chi connectivity index (χ1n) is 7.66. The van der Waals surface area contributed by atoms with Crippen molar-refractivity contribution in [2.24, 2.45) is 0 Å². The standard InChI is InChI=1S/C17H18N2O4/c1-12(17(21)19-10-4-5-11-19)22-16(20)9-8-15-18-13-6-2-3-7-14(13)23-15/h2-3,6-9,12H,4-5,10-11H2,1H3/b9-8+/t12-/m1/s1. The van der Waals surface area contributed by atoms with Gasteiger partial charge in [-0.2, -0.15) is 0 Å². The van der Waals surface area contributed by atoms with Gasteiger partial charge in [-0.1, -0.05) is 12.1 Å². The second-order valence-electron chi connectivity index (χ2n) is 5.46. The molecule has 1 atom stereocenters. The van der Waals surface area contributed by atoms with Gasteiger partial charge in [-0.05, 0) is 31.9 Å². The van der Waals surface area contributed by atoms with Crippen LogP contribution in [0.3, 0.4) is 0 Å². The second kappa shape index (κ2) is 6.64. The van der Waals surface area contributed by atoms with E-state index in [4.69, 9.17) is 9.15 Å². The predicted octanol–water partition coefficient (Wildman–Crippen LogP) is 2.40. The molecular weight excluding hydrogens is 296 g/mol. The van der Waals surface area contributed by atoms with E-state index in [1.807, 2.05) is 18.2 Å². The summed E-state index contributed by atoms with van der Waals surface area (Å²) in [5, 5.41) is 0. The molecule has 0 radical (unpaired) electrons. The van der Waals surface area contributed by atoms with Gasteiger partial charge in [-0.15, -0.1) is 0 Å². The largest absolute Gasteiger partial charge is 0.449 e. The Kier molecular flexibility index (Phi) is 4.41. The molecule has 6 nitrogen and oxygen atoms in total. The summed E-state index contributed by atoms with van der Waals surface area (Å²) in [6.45, 7) is 3.06. The van der Waals surface area contributed by atoms with Crippen LogP contribution in [0.15, 0.2) is 34.8 Å². The van der Waals surface area contributed by atoms with Gasteiger partial charge < -0.3 is 14.1 Å². The molecule has 1 aliphatic heterocycles. The quantitative estimate of drug-likeness (QED) is 0.640. The van der Waals surface area contributed by atoms with E-state index in [1.54, 1.807) is 17.9 Å². The van der Waals surface area contributed by atoms with Crippen molar-refractivity contribution in [3.63, 3.8) is 0 Å². The number of nitrogens with zero attached hydrogens (tertiary/aromatic N) is 2. The molecule has 2 heterocycles. The van der Waals surface area contributed by atoms with Crippen LogP contribution in [-0.4, -0.2) is 41.0 Å². The van der Waals surface area contributed by atoms with Gasteiger partial charge in [0.05, 0.1) is 0 Å².